The SMILES string of the molecule is CCC(=O)OCc1cccnc1-c1ccc(OCC2CC2)c(C(=O)NCc2ccc(OC)c(F)c2)c1. The van der Waals surface area contributed by atoms with Crippen molar-refractivity contribution in [3.8, 4) is 22.8 Å². The van der Waals surface area contributed by atoms with Crippen LogP contribution < -0.4 is 14.8 Å². The predicted molar refractivity (Wildman–Crippen MR) is 132 cm³/mol. The van der Waals surface area contributed by atoms with Gasteiger partial charge in [0.15, 0.2) is 11.6 Å². The second kappa shape index (κ2) is 11.7. The van der Waals surface area contributed by atoms with E-state index in [2.05, 4.69) is 10.3 Å². The summed E-state index contributed by atoms with van der Waals surface area (Å²) in [7, 11) is 1.40. The standard InChI is InChI=1S/C28H29FN2O5/c1-3-26(32)36-17-21-5-4-12-30-27(21)20-9-11-24(35-16-18-6-7-18)22(14-20)28(33)31-15-19-8-10-25(34-2)23(29)13-19/h4-5,8-14,18H,3,6-7,15-17H2,1-2H3,(H,31,33). The molecule has 0 saturated heterocycles. The van der Waals surface area contributed by atoms with Crippen molar-refractivity contribution in [1.82, 2.24) is 10.3 Å². The van der Waals surface area contributed by atoms with Crippen molar-refractivity contribution in [1.29, 1.82) is 0 Å². The summed E-state index contributed by atoms with van der Waals surface area (Å²) in [5, 5.41) is 2.85. The average Bonchev–Trinajstić information content (AvgIpc) is 3.74. The summed E-state index contributed by atoms with van der Waals surface area (Å²) in [5.74, 6) is -0.0228. The Labute approximate surface area is 209 Å². The molecule has 4 rings (SSSR count). The molecule has 7 nitrogen and oxygen atoms in total. The van der Waals surface area contributed by atoms with Gasteiger partial charge in [0.05, 0.1) is 25.0 Å². The van der Waals surface area contributed by atoms with E-state index in [-0.39, 0.29) is 37.2 Å². The number of carbonyl (C=O) groups excluding carboxylic acids is 2. The molecule has 3 aromatic rings. The molecule has 188 valence electrons. The predicted octanol–water partition coefficient (Wildman–Crippen LogP) is 5.07. The largest absolute Gasteiger partial charge is 0.494 e. The van der Waals surface area contributed by atoms with Crippen LogP contribution in [0, 0.1) is 11.7 Å². The molecule has 1 aromatic heterocycles. The zero-order chi connectivity index (χ0) is 25.5. The molecule has 1 aliphatic carbocycles. The number of hydrogen-bond donors (Lipinski definition) is 1. The number of nitrogens with one attached hydrogen (secondary N) is 1. The summed E-state index contributed by atoms with van der Waals surface area (Å²) in [6.45, 7) is 2.50. The highest BCUT2D eigenvalue weighted by Gasteiger charge is 2.24. The van der Waals surface area contributed by atoms with Gasteiger partial charge in [-0.3, -0.25) is 14.6 Å². The van der Waals surface area contributed by atoms with Gasteiger partial charge in [0.1, 0.15) is 12.4 Å². The molecule has 1 aliphatic rings. The van der Waals surface area contributed by atoms with Gasteiger partial charge in [-0.1, -0.05) is 19.1 Å². The van der Waals surface area contributed by atoms with E-state index < -0.39 is 5.82 Å². The lowest BCUT2D eigenvalue weighted by molar-refractivity contribution is -0.144. The van der Waals surface area contributed by atoms with Crippen LogP contribution in [-0.4, -0.2) is 30.6 Å². The Morgan fingerprint density at radius 1 is 1.11 bits per heavy atom. The van der Waals surface area contributed by atoms with E-state index in [0.717, 1.165) is 18.4 Å². The van der Waals surface area contributed by atoms with Gasteiger partial charge < -0.3 is 19.5 Å². The van der Waals surface area contributed by atoms with Gasteiger partial charge in [-0.15, -0.1) is 0 Å². The highest BCUT2D eigenvalue weighted by Crippen LogP contribution is 2.32. The Balaban J connectivity index is 1.58. The number of hydrogen-bond acceptors (Lipinski definition) is 6. The summed E-state index contributed by atoms with van der Waals surface area (Å²) in [4.78, 5) is 29.4. The van der Waals surface area contributed by atoms with Crippen LogP contribution in [0.3, 0.4) is 0 Å². The van der Waals surface area contributed by atoms with Crippen LogP contribution in [0.25, 0.3) is 11.3 Å². The minimum absolute atomic E-state index is 0.0837. The second-order valence-corrected chi connectivity index (χ2v) is 8.64. The van der Waals surface area contributed by atoms with Crippen molar-refractivity contribution >= 4 is 11.9 Å². The molecule has 1 saturated carbocycles. The smallest absolute Gasteiger partial charge is 0.305 e. The molecule has 0 radical (unpaired) electrons. The van der Waals surface area contributed by atoms with Gasteiger partial charge in [0, 0.05) is 30.3 Å². The molecule has 0 aliphatic heterocycles. The molecular weight excluding hydrogens is 463 g/mol. The Bertz CT molecular complexity index is 1240. The van der Waals surface area contributed by atoms with Gasteiger partial charge in [-0.25, -0.2) is 4.39 Å². The topological polar surface area (TPSA) is 86.8 Å². The Hall–Kier alpha value is -3.94. The monoisotopic (exact) mass is 492 g/mol. The highest BCUT2D eigenvalue weighted by molar-refractivity contribution is 5.98. The lowest BCUT2D eigenvalue weighted by Crippen LogP contribution is -2.24. The summed E-state index contributed by atoms with van der Waals surface area (Å²) >= 11 is 0. The summed E-state index contributed by atoms with van der Waals surface area (Å²) in [6, 6.07) is 13.5. The zero-order valence-corrected chi connectivity index (χ0v) is 20.4. The number of pyridine rings is 1. The molecular formula is C28H29FN2O5. The summed E-state index contributed by atoms with van der Waals surface area (Å²) in [5.41, 5.74) is 2.98. The van der Waals surface area contributed by atoms with Gasteiger partial charge >= 0.3 is 5.97 Å². The van der Waals surface area contributed by atoms with E-state index >= 15 is 0 Å². The fourth-order valence-electron chi connectivity index (χ4n) is 3.65. The quantitative estimate of drug-likeness (QED) is 0.376. The van der Waals surface area contributed by atoms with Gasteiger partial charge in [0.25, 0.3) is 5.91 Å². The van der Waals surface area contributed by atoms with Crippen LogP contribution in [0.15, 0.2) is 54.7 Å². The lowest BCUT2D eigenvalue weighted by Gasteiger charge is -2.15. The zero-order valence-electron chi connectivity index (χ0n) is 20.4. The minimum Gasteiger partial charge on any atom is -0.494 e. The normalized spacial score (nSPS) is 12.6. The molecule has 8 heteroatoms. The van der Waals surface area contributed by atoms with Crippen LogP contribution >= 0.6 is 0 Å². The molecule has 0 unspecified atom stereocenters. The van der Waals surface area contributed by atoms with E-state index in [1.54, 1.807) is 37.4 Å². The van der Waals surface area contributed by atoms with Crippen LogP contribution in [-0.2, 0) is 22.7 Å². The first kappa shape index (κ1) is 25.2. The number of nitrogens with zero attached hydrogens (tertiary/aromatic N) is 1. The number of benzene rings is 2. The first-order valence-electron chi connectivity index (χ1n) is 12.0. The van der Waals surface area contributed by atoms with Crippen LogP contribution in [0.4, 0.5) is 4.39 Å². The Morgan fingerprint density at radius 3 is 2.64 bits per heavy atom. The van der Waals surface area contributed by atoms with E-state index in [4.69, 9.17) is 14.2 Å². The van der Waals surface area contributed by atoms with Gasteiger partial charge in [-0.05, 0) is 60.7 Å². The van der Waals surface area contributed by atoms with Crippen molar-refractivity contribution < 1.29 is 28.2 Å². The van der Waals surface area contributed by atoms with E-state index in [1.807, 2.05) is 12.1 Å². The maximum atomic E-state index is 14.1. The fourth-order valence-corrected chi connectivity index (χ4v) is 3.65. The third-order valence-electron chi connectivity index (χ3n) is 5.91. The molecule has 2 aromatic carbocycles. The Morgan fingerprint density at radius 2 is 1.92 bits per heavy atom. The van der Waals surface area contributed by atoms with Gasteiger partial charge in [0.2, 0.25) is 0 Å². The maximum absolute atomic E-state index is 14.1. The van der Waals surface area contributed by atoms with Gasteiger partial charge in [-0.2, -0.15) is 0 Å². The van der Waals surface area contributed by atoms with E-state index in [0.29, 0.717) is 40.7 Å². The number of ether oxygens (including phenoxy) is 3. The molecule has 1 N–H and O–H groups in total. The molecule has 1 heterocycles. The van der Waals surface area contributed by atoms with Crippen LogP contribution in [0.5, 0.6) is 11.5 Å². The van der Waals surface area contributed by atoms with Crippen molar-refractivity contribution in [2.45, 2.75) is 39.3 Å². The molecule has 0 atom stereocenters. The number of methoxy groups -OCH3 is 1. The number of carbonyl (C=O) groups is 2. The van der Waals surface area contributed by atoms with E-state index in [1.165, 1.54) is 19.2 Å². The van der Waals surface area contributed by atoms with Crippen molar-refractivity contribution in [3.63, 3.8) is 0 Å². The molecule has 0 spiro atoms. The number of esters is 1. The minimum atomic E-state index is -0.494. The van der Waals surface area contributed by atoms with Crippen molar-refractivity contribution in [2.75, 3.05) is 13.7 Å². The Kier molecular flexibility index (Phi) is 8.15. The van der Waals surface area contributed by atoms with Crippen LogP contribution in [0.1, 0.15) is 47.7 Å². The third-order valence-corrected chi connectivity index (χ3v) is 5.91. The molecule has 1 amide bonds. The van der Waals surface area contributed by atoms with Crippen molar-refractivity contribution in [3.05, 3.63) is 77.2 Å². The van der Waals surface area contributed by atoms with Crippen LogP contribution in [0.2, 0.25) is 0 Å². The average molecular weight is 493 g/mol. The lowest BCUT2D eigenvalue weighted by atomic mass is 10.0. The first-order valence-corrected chi connectivity index (χ1v) is 12.0. The number of rotatable bonds is 11. The summed E-state index contributed by atoms with van der Waals surface area (Å²) < 4.78 is 30.3. The van der Waals surface area contributed by atoms with Crippen molar-refractivity contribution in [2.24, 2.45) is 5.92 Å². The molecule has 1 fully saturated rings. The highest BCUT2D eigenvalue weighted by atomic mass is 19.1. The number of amides is 1. The van der Waals surface area contributed by atoms with E-state index in [9.17, 15) is 14.0 Å². The maximum Gasteiger partial charge on any atom is 0.305 e. The third kappa shape index (κ3) is 6.38. The molecule has 0 bridgehead atoms. The molecule has 36 heavy (non-hydrogen) atoms. The second-order valence-electron chi connectivity index (χ2n) is 8.64. The first-order chi connectivity index (χ1) is 17.5. The number of halogens is 1. The fraction of sp³-hybridized carbons (Fsp3) is 0.321. The number of aromatic nitrogens is 1. The summed E-state index contributed by atoms with van der Waals surface area (Å²) in [6.07, 6.45) is 4.17.